The minimum absolute atomic E-state index is 0.100. The molecule has 4 aromatic rings. The molecule has 0 saturated carbocycles. The number of hydrogen-bond donors (Lipinski definition) is 1. The van der Waals surface area contributed by atoms with E-state index in [9.17, 15) is 14.9 Å². The normalized spacial score (nSPS) is 10.6. The molecule has 1 N–H and O–H groups in total. The van der Waals surface area contributed by atoms with Crippen molar-refractivity contribution in [2.75, 3.05) is 5.32 Å². The van der Waals surface area contributed by atoms with Crippen LogP contribution < -0.4 is 14.8 Å². The summed E-state index contributed by atoms with van der Waals surface area (Å²) in [6, 6.07) is 14.5. The molecule has 0 aliphatic heterocycles. The highest BCUT2D eigenvalue weighted by atomic mass is 35.5. The van der Waals surface area contributed by atoms with E-state index in [0.717, 1.165) is 0 Å². The summed E-state index contributed by atoms with van der Waals surface area (Å²) in [4.78, 5) is 23.0. The van der Waals surface area contributed by atoms with Gasteiger partial charge in [-0.25, -0.2) is 9.36 Å². The first kappa shape index (κ1) is 21.8. The number of benzene rings is 2. The zero-order chi connectivity index (χ0) is 23.2. The predicted octanol–water partition coefficient (Wildman–Crippen LogP) is 3.97. The monoisotopic (exact) mass is 468 g/mol. The van der Waals surface area contributed by atoms with Gasteiger partial charge in [-0.05, 0) is 30.3 Å². The van der Waals surface area contributed by atoms with Crippen LogP contribution in [-0.2, 0) is 13.5 Å². The van der Waals surface area contributed by atoms with Crippen LogP contribution in [0.3, 0.4) is 0 Å². The lowest BCUT2D eigenvalue weighted by atomic mass is 10.3. The molecular weight excluding hydrogens is 452 g/mol. The van der Waals surface area contributed by atoms with E-state index in [1.54, 1.807) is 42.6 Å². The second kappa shape index (κ2) is 9.83. The Balaban J connectivity index is 1.31. The van der Waals surface area contributed by atoms with Crippen LogP contribution in [0.4, 0.5) is 11.4 Å². The van der Waals surface area contributed by atoms with Crippen LogP contribution in [-0.4, -0.2) is 30.4 Å². The number of anilines is 1. The minimum Gasteiger partial charge on any atom is -0.471 e. The van der Waals surface area contributed by atoms with Gasteiger partial charge in [0.15, 0.2) is 24.9 Å². The van der Waals surface area contributed by atoms with Gasteiger partial charge in [0.2, 0.25) is 0 Å². The lowest BCUT2D eigenvalue weighted by Crippen LogP contribution is -2.14. The third kappa shape index (κ3) is 5.66. The van der Waals surface area contributed by atoms with Gasteiger partial charge in [-0.2, -0.15) is 10.2 Å². The summed E-state index contributed by atoms with van der Waals surface area (Å²) in [5, 5.41) is 22.6. The highest BCUT2D eigenvalue weighted by Gasteiger charge is 2.15. The number of hydrogen-bond acceptors (Lipinski definition) is 7. The van der Waals surface area contributed by atoms with E-state index in [1.165, 1.54) is 40.0 Å². The molecule has 2 aromatic carbocycles. The van der Waals surface area contributed by atoms with Crippen LogP contribution in [0.2, 0.25) is 5.02 Å². The van der Waals surface area contributed by atoms with Crippen LogP contribution in [0.25, 0.3) is 0 Å². The highest BCUT2D eigenvalue weighted by Crippen LogP contribution is 2.26. The van der Waals surface area contributed by atoms with E-state index in [-0.39, 0.29) is 30.6 Å². The van der Waals surface area contributed by atoms with Crippen molar-refractivity contribution in [3.63, 3.8) is 0 Å². The van der Waals surface area contributed by atoms with Crippen molar-refractivity contribution < 1.29 is 19.2 Å². The molecule has 0 aliphatic carbocycles. The Bertz CT molecular complexity index is 1290. The molecule has 0 fully saturated rings. The van der Waals surface area contributed by atoms with Gasteiger partial charge in [0, 0.05) is 17.3 Å². The summed E-state index contributed by atoms with van der Waals surface area (Å²) in [6.07, 6.45) is 4.62. The lowest BCUT2D eigenvalue weighted by Gasteiger charge is -2.06. The maximum Gasteiger partial charge on any atom is 0.311 e. The van der Waals surface area contributed by atoms with Crippen molar-refractivity contribution >= 4 is 28.9 Å². The van der Waals surface area contributed by atoms with Crippen molar-refractivity contribution in [3.8, 4) is 11.5 Å². The van der Waals surface area contributed by atoms with E-state index in [1.807, 2.05) is 0 Å². The number of ether oxygens (including phenoxy) is 2. The van der Waals surface area contributed by atoms with Gasteiger partial charge in [0.1, 0.15) is 5.75 Å². The topological polar surface area (TPSA) is 126 Å². The first-order valence-corrected chi connectivity index (χ1v) is 9.97. The molecule has 0 aliphatic rings. The van der Waals surface area contributed by atoms with Crippen molar-refractivity contribution in [1.82, 2.24) is 19.6 Å². The van der Waals surface area contributed by atoms with Gasteiger partial charge in [0.05, 0.1) is 23.0 Å². The van der Waals surface area contributed by atoms with Gasteiger partial charge in [0.25, 0.3) is 5.91 Å². The summed E-state index contributed by atoms with van der Waals surface area (Å²) in [5.41, 5.74) is 0.448. The van der Waals surface area contributed by atoms with E-state index in [4.69, 9.17) is 21.1 Å². The van der Waals surface area contributed by atoms with E-state index in [0.29, 0.717) is 16.5 Å². The van der Waals surface area contributed by atoms with Crippen LogP contribution >= 0.6 is 11.6 Å². The molecule has 33 heavy (non-hydrogen) atoms. The molecular formula is C21H17ClN6O5. The summed E-state index contributed by atoms with van der Waals surface area (Å²) in [6.45, 7) is 0.0324. The van der Waals surface area contributed by atoms with Crippen molar-refractivity contribution in [1.29, 1.82) is 0 Å². The molecule has 2 heterocycles. The number of halogens is 1. The van der Waals surface area contributed by atoms with Crippen LogP contribution in [0, 0.1) is 10.1 Å². The number of nitro benzene ring substituents is 1. The lowest BCUT2D eigenvalue weighted by molar-refractivity contribution is -0.386. The van der Waals surface area contributed by atoms with Gasteiger partial charge in [-0.15, -0.1) is 0 Å². The zero-order valence-corrected chi connectivity index (χ0v) is 17.8. The molecule has 0 unspecified atom stereocenters. The molecule has 4 rings (SSSR count). The quantitative estimate of drug-likeness (QED) is 0.291. The number of amides is 1. The van der Waals surface area contributed by atoms with Crippen molar-refractivity contribution in [2.45, 2.75) is 13.5 Å². The molecule has 0 bridgehead atoms. The standard InChI is InChI=1S/C21H17ClN6O5/c22-15-4-3-5-17(10-15)32-14-27-12-16(11-23-27)24-21(29)18-8-9-26(25-18)13-33-20-7-2-1-6-19(20)28(30)31/h1-12H,13-14H2,(H,24,29). The second-order valence-electron chi connectivity index (χ2n) is 6.69. The Hall–Kier alpha value is -4.38. The number of para-hydroxylation sites is 2. The average Bonchev–Trinajstić information content (AvgIpc) is 3.46. The Morgan fingerprint density at radius 3 is 2.73 bits per heavy atom. The summed E-state index contributed by atoms with van der Waals surface area (Å²) < 4.78 is 13.9. The first-order chi connectivity index (χ1) is 16.0. The Morgan fingerprint density at radius 1 is 1.09 bits per heavy atom. The molecule has 0 atom stereocenters. The Kier molecular flexibility index (Phi) is 6.51. The van der Waals surface area contributed by atoms with Gasteiger partial charge >= 0.3 is 5.69 Å². The molecule has 11 nitrogen and oxygen atoms in total. The molecule has 12 heteroatoms. The van der Waals surface area contributed by atoms with Gasteiger partial charge in [-0.3, -0.25) is 14.9 Å². The molecule has 1 amide bonds. The third-order valence-electron chi connectivity index (χ3n) is 4.34. The smallest absolute Gasteiger partial charge is 0.311 e. The summed E-state index contributed by atoms with van der Waals surface area (Å²) in [5.74, 6) is 0.253. The summed E-state index contributed by atoms with van der Waals surface area (Å²) in [7, 11) is 0. The van der Waals surface area contributed by atoms with Crippen LogP contribution in [0.1, 0.15) is 10.5 Å². The molecule has 0 spiro atoms. The number of carbonyl (C=O) groups is 1. The largest absolute Gasteiger partial charge is 0.471 e. The minimum atomic E-state index is -0.530. The Labute approximate surface area is 192 Å². The number of rotatable bonds is 9. The van der Waals surface area contributed by atoms with Crippen molar-refractivity contribution in [3.05, 3.63) is 94.0 Å². The van der Waals surface area contributed by atoms with E-state index in [2.05, 4.69) is 15.5 Å². The number of nitrogens with one attached hydrogen (secondary N) is 1. The van der Waals surface area contributed by atoms with Crippen LogP contribution in [0.15, 0.2) is 73.2 Å². The predicted molar refractivity (Wildman–Crippen MR) is 118 cm³/mol. The van der Waals surface area contributed by atoms with Crippen molar-refractivity contribution in [2.24, 2.45) is 0 Å². The molecule has 0 radical (unpaired) electrons. The molecule has 168 valence electrons. The average molecular weight is 469 g/mol. The number of aromatic nitrogens is 4. The number of nitro groups is 1. The fourth-order valence-corrected chi connectivity index (χ4v) is 2.99. The third-order valence-corrected chi connectivity index (χ3v) is 4.57. The molecule has 2 aromatic heterocycles. The number of carbonyl (C=O) groups excluding carboxylic acids is 1. The highest BCUT2D eigenvalue weighted by molar-refractivity contribution is 6.30. The maximum atomic E-state index is 12.5. The zero-order valence-electron chi connectivity index (χ0n) is 17.0. The maximum absolute atomic E-state index is 12.5. The number of nitrogens with zero attached hydrogens (tertiary/aromatic N) is 5. The fourth-order valence-electron chi connectivity index (χ4n) is 2.81. The van der Waals surface area contributed by atoms with Gasteiger partial charge < -0.3 is 14.8 Å². The molecule has 0 saturated heterocycles. The van der Waals surface area contributed by atoms with Gasteiger partial charge in [-0.1, -0.05) is 29.8 Å². The van der Waals surface area contributed by atoms with Crippen LogP contribution in [0.5, 0.6) is 11.5 Å². The first-order valence-electron chi connectivity index (χ1n) is 9.60. The Morgan fingerprint density at radius 2 is 1.91 bits per heavy atom. The van der Waals surface area contributed by atoms with E-state index >= 15 is 0 Å². The SMILES string of the molecule is O=C(Nc1cnn(COc2cccc(Cl)c2)c1)c1ccn(COc2ccccc2[N+](=O)[O-])n1. The second-order valence-corrected chi connectivity index (χ2v) is 7.13. The van der Waals surface area contributed by atoms with E-state index < -0.39 is 10.8 Å². The summed E-state index contributed by atoms with van der Waals surface area (Å²) >= 11 is 5.93. The fraction of sp³-hybridized carbons (Fsp3) is 0.0952.